The zero-order valence-electron chi connectivity index (χ0n) is 15.0. The monoisotopic (exact) mass is 344 g/mol. The lowest BCUT2D eigenvalue weighted by atomic mass is 9.94. The summed E-state index contributed by atoms with van der Waals surface area (Å²) in [6.45, 7) is 3.84. The molecule has 1 aliphatic rings. The molecule has 0 aliphatic heterocycles. The number of nitrogens with one attached hydrogen (secondary N) is 2. The zero-order chi connectivity index (χ0) is 18.1. The number of hydrogen-bond acceptors (Lipinski definition) is 4. The summed E-state index contributed by atoms with van der Waals surface area (Å²) in [6.07, 6.45) is 2.27. The second-order valence-corrected chi connectivity index (χ2v) is 6.71. The number of carbonyl (C=O) groups is 2. The number of hydrogen-bond donors (Lipinski definition) is 2. The van der Waals surface area contributed by atoms with Crippen LogP contribution in [0.4, 0.5) is 11.6 Å². The highest BCUT2D eigenvalue weighted by atomic mass is 16.2. The summed E-state index contributed by atoms with van der Waals surface area (Å²) in [6, 6.07) is 3.64. The molecule has 2 atom stereocenters. The number of amides is 2. The van der Waals surface area contributed by atoms with Crippen LogP contribution in [0.2, 0.25) is 0 Å². The van der Waals surface area contributed by atoms with E-state index >= 15 is 0 Å². The second-order valence-electron chi connectivity index (χ2n) is 6.71. The van der Waals surface area contributed by atoms with Crippen molar-refractivity contribution < 1.29 is 9.59 Å². The van der Waals surface area contributed by atoms with Gasteiger partial charge in [-0.25, -0.2) is 0 Å². The second kappa shape index (κ2) is 6.70. The van der Waals surface area contributed by atoms with E-state index in [9.17, 15) is 9.59 Å². The van der Waals surface area contributed by atoms with Gasteiger partial charge < -0.3 is 10.6 Å². The number of aryl methyl sites for hydroxylation is 4. The minimum Gasteiger partial charge on any atom is -0.309 e. The molecule has 0 bridgehead atoms. The Morgan fingerprint density at radius 1 is 0.920 bits per heavy atom. The maximum Gasteiger partial charge on any atom is 0.229 e. The molecular weight excluding hydrogens is 320 g/mol. The van der Waals surface area contributed by atoms with E-state index in [4.69, 9.17) is 0 Å². The molecule has 1 fully saturated rings. The molecule has 8 nitrogen and oxygen atoms in total. The van der Waals surface area contributed by atoms with Crippen LogP contribution in [-0.4, -0.2) is 31.4 Å². The SMILES string of the molecule is Cc1cc(NC(=O)[C@H]2CCC[C@H]2C(=O)Nc2cc(C)n(C)n2)nn1C. The number of anilines is 2. The number of rotatable bonds is 4. The molecule has 1 saturated carbocycles. The van der Waals surface area contributed by atoms with Crippen LogP contribution < -0.4 is 10.6 Å². The van der Waals surface area contributed by atoms with Gasteiger partial charge in [-0.2, -0.15) is 10.2 Å². The van der Waals surface area contributed by atoms with Crippen molar-refractivity contribution in [3.8, 4) is 0 Å². The summed E-state index contributed by atoms with van der Waals surface area (Å²) in [5.74, 6) is 0.0768. The van der Waals surface area contributed by atoms with Gasteiger partial charge in [0, 0.05) is 49.5 Å². The van der Waals surface area contributed by atoms with Gasteiger partial charge in [-0.3, -0.25) is 19.0 Å². The third-order valence-electron chi connectivity index (χ3n) is 4.92. The Hall–Kier alpha value is -2.64. The van der Waals surface area contributed by atoms with Crippen molar-refractivity contribution in [2.24, 2.45) is 25.9 Å². The highest BCUT2D eigenvalue weighted by Crippen LogP contribution is 2.33. The summed E-state index contributed by atoms with van der Waals surface area (Å²) >= 11 is 0. The molecule has 2 amide bonds. The van der Waals surface area contributed by atoms with Gasteiger partial charge in [0.25, 0.3) is 0 Å². The molecule has 0 saturated heterocycles. The lowest BCUT2D eigenvalue weighted by Gasteiger charge is -2.17. The van der Waals surface area contributed by atoms with Crippen LogP contribution in [0.5, 0.6) is 0 Å². The average molecular weight is 344 g/mol. The Labute approximate surface area is 146 Å². The Bertz CT molecular complexity index is 701. The molecule has 2 N–H and O–H groups in total. The van der Waals surface area contributed by atoms with Crippen LogP contribution in [0.3, 0.4) is 0 Å². The van der Waals surface area contributed by atoms with Crippen molar-refractivity contribution in [1.82, 2.24) is 19.6 Å². The van der Waals surface area contributed by atoms with Crippen LogP contribution in [0.15, 0.2) is 12.1 Å². The van der Waals surface area contributed by atoms with Gasteiger partial charge in [0.05, 0.1) is 0 Å². The summed E-state index contributed by atoms with van der Waals surface area (Å²) in [7, 11) is 3.65. The lowest BCUT2D eigenvalue weighted by Crippen LogP contribution is -2.33. The number of carbonyl (C=O) groups excluding carboxylic acids is 2. The first-order chi connectivity index (χ1) is 11.8. The van der Waals surface area contributed by atoms with Gasteiger partial charge in [-0.1, -0.05) is 6.42 Å². The number of aromatic nitrogens is 4. The molecule has 0 aromatic carbocycles. The molecule has 134 valence electrons. The summed E-state index contributed by atoms with van der Waals surface area (Å²) in [5.41, 5.74) is 1.92. The van der Waals surface area contributed by atoms with Crippen molar-refractivity contribution in [3.63, 3.8) is 0 Å². The molecular formula is C17H24N6O2. The van der Waals surface area contributed by atoms with Crippen molar-refractivity contribution in [2.45, 2.75) is 33.1 Å². The van der Waals surface area contributed by atoms with Gasteiger partial charge >= 0.3 is 0 Å². The Morgan fingerprint density at radius 2 is 1.32 bits per heavy atom. The van der Waals surface area contributed by atoms with Crippen molar-refractivity contribution in [3.05, 3.63) is 23.5 Å². The molecule has 0 spiro atoms. The average Bonchev–Trinajstić information content (AvgIpc) is 3.21. The van der Waals surface area contributed by atoms with Crippen LogP contribution in [-0.2, 0) is 23.7 Å². The molecule has 2 aromatic heterocycles. The molecule has 0 unspecified atom stereocenters. The maximum atomic E-state index is 12.6. The molecule has 3 rings (SSSR count). The standard InChI is InChI=1S/C17H24N6O2/c1-10-8-14(20-22(10)3)18-16(24)12-6-5-7-13(12)17(25)19-15-9-11(2)23(4)21-15/h8-9,12-13H,5-7H2,1-4H3,(H,18,20,24)(H,19,21,25)/t12-,13+. The van der Waals surface area contributed by atoms with E-state index in [2.05, 4.69) is 20.8 Å². The van der Waals surface area contributed by atoms with E-state index in [1.54, 1.807) is 9.36 Å². The van der Waals surface area contributed by atoms with Crippen LogP contribution >= 0.6 is 0 Å². The van der Waals surface area contributed by atoms with E-state index in [-0.39, 0.29) is 23.7 Å². The fraction of sp³-hybridized carbons (Fsp3) is 0.529. The predicted octanol–water partition coefficient (Wildman–Crippen LogP) is 1.76. The first-order valence-electron chi connectivity index (χ1n) is 8.48. The summed E-state index contributed by atoms with van der Waals surface area (Å²) < 4.78 is 3.41. The maximum absolute atomic E-state index is 12.6. The van der Waals surface area contributed by atoms with Crippen molar-refractivity contribution >= 4 is 23.5 Å². The first-order valence-corrected chi connectivity index (χ1v) is 8.48. The predicted molar refractivity (Wildman–Crippen MR) is 94.0 cm³/mol. The first kappa shape index (κ1) is 17.2. The Morgan fingerprint density at radius 3 is 1.64 bits per heavy atom. The molecule has 2 heterocycles. The molecule has 0 radical (unpaired) electrons. The van der Waals surface area contributed by atoms with E-state index < -0.39 is 0 Å². The van der Waals surface area contributed by atoms with Gasteiger partial charge in [-0.05, 0) is 26.7 Å². The molecule has 25 heavy (non-hydrogen) atoms. The minimum absolute atomic E-state index is 0.145. The van der Waals surface area contributed by atoms with Crippen molar-refractivity contribution in [2.75, 3.05) is 10.6 Å². The topological polar surface area (TPSA) is 93.8 Å². The smallest absolute Gasteiger partial charge is 0.229 e. The van der Waals surface area contributed by atoms with E-state index in [0.29, 0.717) is 24.5 Å². The molecule has 8 heteroatoms. The third-order valence-corrected chi connectivity index (χ3v) is 4.92. The highest BCUT2D eigenvalue weighted by molar-refractivity contribution is 5.99. The van der Waals surface area contributed by atoms with Crippen LogP contribution in [0.1, 0.15) is 30.7 Å². The normalized spacial score (nSPS) is 19.8. The van der Waals surface area contributed by atoms with E-state index in [0.717, 1.165) is 17.8 Å². The zero-order valence-corrected chi connectivity index (χ0v) is 15.0. The van der Waals surface area contributed by atoms with Gasteiger partial charge in [-0.15, -0.1) is 0 Å². The summed E-state index contributed by atoms with van der Waals surface area (Å²) in [4.78, 5) is 25.2. The Balaban J connectivity index is 1.66. The fourth-order valence-electron chi connectivity index (χ4n) is 3.27. The van der Waals surface area contributed by atoms with E-state index in [1.165, 1.54) is 0 Å². The lowest BCUT2D eigenvalue weighted by molar-refractivity contribution is -0.128. The minimum atomic E-state index is -0.341. The van der Waals surface area contributed by atoms with E-state index in [1.807, 2.05) is 40.1 Å². The van der Waals surface area contributed by atoms with Gasteiger partial charge in [0.2, 0.25) is 11.8 Å². The highest BCUT2D eigenvalue weighted by Gasteiger charge is 2.38. The van der Waals surface area contributed by atoms with Crippen molar-refractivity contribution in [1.29, 1.82) is 0 Å². The van der Waals surface area contributed by atoms with Crippen LogP contribution in [0.25, 0.3) is 0 Å². The quantitative estimate of drug-likeness (QED) is 0.884. The number of nitrogens with zero attached hydrogens (tertiary/aromatic N) is 4. The Kier molecular flexibility index (Phi) is 4.61. The molecule has 1 aliphatic carbocycles. The third kappa shape index (κ3) is 3.57. The van der Waals surface area contributed by atoms with Gasteiger partial charge in [0.1, 0.15) is 0 Å². The summed E-state index contributed by atoms with van der Waals surface area (Å²) in [5, 5.41) is 14.2. The van der Waals surface area contributed by atoms with Crippen LogP contribution in [0, 0.1) is 25.7 Å². The van der Waals surface area contributed by atoms with Gasteiger partial charge in [0.15, 0.2) is 11.6 Å². The molecule has 2 aromatic rings. The fourth-order valence-corrected chi connectivity index (χ4v) is 3.27. The largest absolute Gasteiger partial charge is 0.309 e.